The van der Waals surface area contributed by atoms with Gasteiger partial charge >= 0.3 is 0 Å². The summed E-state index contributed by atoms with van der Waals surface area (Å²) >= 11 is 5.60. The molecule has 116 valence electrons. The van der Waals surface area contributed by atoms with Crippen LogP contribution in [0.15, 0.2) is 16.5 Å². The fraction of sp³-hybridized carbons (Fsp3) is 0.714. The lowest BCUT2D eigenvalue weighted by Crippen LogP contribution is -2.45. The smallest absolute Gasteiger partial charge is 0.254 e. The molecule has 3 nitrogen and oxygen atoms in total. The van der Waals surface area contributed by atoms with Crippen LogP contribution in [0.25, 0.3) is 0 Å². The zero-order valence-electron chi connectivity index (χ0n) is 13.3. The van der Waals surface area contributed by atoms with Gasteiger partial charge in [-0.15, -0.1) is 0 Å². The molecule has 0 aromatic carbocycles. The molecule has 0 aliphatic rings. The highest BCUT2D eigenvalue weighted by Crippen LogP contribution is 2.47. The Morgan fingerprint density at radius 1 is 1.00 bits per heavy atom. The average Bonchev–Trinajstić information content (AvgIpc) is 2.93. The van der Waals surface area contributed by atoms with Gasteiger partial charge in [0.2, 0.25) is 0 Å². The van der Waals surface area contributed by atoms with Gasteiger partial charge in [-0.3, -0.25) is 0 Å². The maximum absolute atomic E-state index is 6.15. The van der Waals surface area contributed by atoms with Gasteiger partial charge in [-0.05, 0) is 37.8 Å². The summed E-state index contributed by atoms with van der Waals surface area (Å²) in [7, 11) is -1.50. The standard InChI is InChI=1S/C14H27O3PSSi/c1-6-15-18(19,16-7-2)13-11-12-14(17-13)20(8-3,9-4)10-5/h11-12H,6-10H2,1-5H3. The van der Waals surface area contributed by atoms with Crippen molar-refractivity contribution in [1.29, 1.82) is 0 Å². The molecule has 0 radical (unpaired) electrons. The third kappa shape index (κ3) is 3.63. The van der Waals surface area contributed by atoms with Crippen LogP contribution in [0.5, 0.6) is 0 Å². The molecular weight excluding hydrogens is 307 g/mol. The number of furan rings is 1. The molecule has 6 heteroatoms. The van der Waals surface area contributed by atoms with Gasteiger partial charge in [0.05, 0.1) is 18.6 Å². The van der Waals surface area contributed by atoms with Gasteiger partial charge in [0.15, 0.2) is 5.50 Å². The normalized spacial score (nSPS) is 12.8. The molecule has 0 unspecified atom stereocenters. The molecule has 0 saturated carbocycles. The highest BCUT2D eigenvalue weighted by Gasteiger charge is 2.35. The topological polar surface area (TPSA) is 31.6 Å². The molecule has 20 heavy (non-hydrogen) atoms. The zero-order chi connectivity index (χ0) is 15.2. The van der Waals surface area contributed by atoms with Crippen molar-refractivity contribution in [3.63, 3.8) is 0 Å². The molecule has 0 amide bonds. The van der Waals surface area contributed by atoms with E-state index in [4.69, 9.17) is 25.3 Å². The molecule has 1 aromatic rings. The van der Waals surface area contributed by atoms with Crippen molar-refractivity contribution in [2.75, 3.05) is 13.2 Å². The number of rotatable bonds is 9. The van der Waals surface area contributed by atoms with Crippen LogP contribution in [0.4, 0.5) is 0 Å². The van der Waals surface area contributed by atoms with Crippen LogP contribution in [0.3, 0.4) is 0 Å². The van der Waals surface area contributed by atoms with E-state index in [1.54, 1.807) is 0 Å². The Kier molecular flexibility index (Phi) is 7.16. The third-order valence-corrected chi connectivity index (χ3v) is 12.5. The van der Waals surface area contributed by atoms with Crippen molar-refractivity contribution < 1.29 is 13.5 Å². The minimum atomic E-state index is -2.46. The lowest BCUT2D eigenvalue weighted by Gasteiger charge is -2.25. The Balaban J connectivity index is 3.15. The van der Waals surface area contributed by atoms with E-state index >= 15 is 0 Å². The fourth-order valence-corrected chi connectivity index (χ4v) is 8.33. The minimum absolute atomic E-state index is 0.547. The van der Waals surface area contributed by atoms with Crippen molar-refractivity contribution in [3.05, 3.63) is 12.1 Å². The van der Waals surface area contributed by atoms with Crippen LogP contribution < -0.4 is 10.9 Å². The molecular formula is C14H27O3PSSi. The van der Waals surface area contributed by atoms with Gasteiger partial charge in [0.1, 0.15) is 8.07 Å². The summed E-state index contributed by atoms with van der Waals surface area (Å²) < 4.78 is 17.6. The first-order chi connectivity index (χ1) is 9.51. The Morgan fingerprint density at radius 3 is 1.90 bits per heavy atom. The first kappa shape index (κ1) is 18.1. The van der Waals surface area contributed by atoms with E-state index in [1.807, 2.05) is 19.9 Å². The number of hydrogen-bond donors (Lipinski definition) is 0. The van der Waals surface area contributed by atoms with Gasteiger partial charge < -0.3 is 13.5 Å². The molecule has 0 fully saturated rings. The van der Waals surface area contributed by atoms with E-state index in [0.717, 1.165) is 10.9 Å². The quantitative estimate of drug-likeness (QED) is 0.504. The van der Waals surface area contributed by atoms with Crippen LogP contribution in [0.2, 0.25) is 18.1 Å². The first-order valence-corrected chi connectivity index (χ1v) is 12.8. The molecule has 0 spiro atoms. The van der Waals surface area contributed by atoms with Crippen molar-refractivity contribution >= 4 is 37.3 Å². The van der Waals surface area contributed by atoms with E-state index in [1.165, 1.54) is 18.1 Å². The summed E-state index contributed by atoms with van der Waals surface area (Å²) in [6.45, 7) is 9.31. The van der Waals surface area contributed by atoms with Crippen molar-refractivity contribution in [3.8, 4) is 0 Å². The highest BCUT2D eigenvalue weighted by molar-refractivity contribution is 8.13. The predicted octanol–water partition coefficient (Wildman–Crippen LogP) is 4.00. The van der Waals surface area contributed by atoms with Crippen LogP contribution in [0, 0.1) is 0 Å². The summed E-state index contributed by atoms with van der Waals surface area (Å²) in [6.07, 6.45) is 0. The summed E-state index contributed by atoms with van der Waals surface area (Å²) in [4.78, 5) is 0. The van der Waals surface area contributed by atoms with Crippen molar-refractivity contribution in [1.82, 2.24) is 0 Å². The van der Waals surface area contributed by atoms with Crippen LogP contribution >= 0.6 is 6.49 Å². The van der Waals surface area contributed by atoms with Crippen LogP contribution in [-0.4, -0.2) is 21.3 Å². The summed E-state index contributed by atoms with van der Waals surface area (Å²) in [5, 5.41) is 1.15. The molecule has 1 rings (SSSR count). The second-order valence-corrected chi connectivity index (χ2v) is 13.4. The zero-order valence-corrected chi connectivity index (χ0v) is 16.0. The van der Waals surface area contributed by atoms with Gasteiger partial charge in [-0.25, -0.2) is 0 Å². The second kappa shape index (κ2) is 7.90. The first-order valence-electron chi connectivity index (χ1n) is 7.51. The molecule has 0 saturated heterocycles. The fourth-order valence-electron chi connectivity index (χ4n) is 2.54. The third-order valence-electron chi connectivity index (χ3n) is 4.01. The minimum Gasteiger partial charge on any atom is -0.461 e. The Morgan fingerprint density at radius 2 is 1.50 bits per heavy atom. The maximum atomic E-state index is 6.15. The molecule has 0 aliphatic heterocycles. The monoisotopic (exact) mass is 334 g/mol. The van der Waals surface area contributed by atoms with Gasteiger partial charge in [0, 0.05) is 0 Å². The van der Waals surface area contributed by atoms with E-state index in [-0.39, 0.29) is 0 Å². The summed E-state index contributed by atoms with van der Waals surface area (Å²) in [5.41, 5.74) is 0.721. The van der Waals surface area contributed by atoms with Crippen molar-refractivity contribution in [2.24, 2.45) is 0 Å². The average molecular weight is 334 g/mol. The molecule has 0 atom stereocenters. The molecule has 1 heterocycles. The van der Waals surface area contributed by atoms with Gasteiger partial charge in [0.25, 0.3) is 6.49 Å². The van der Waals surface area contributed by atoms with E-state index < -0.39 is 14.6 Å². The Hall–Kier alpha value is 0.0669. The second-order valence-electron chi connectivity index (χ2n) is 4.81. The predicted molar refractivity (Wildman–Crippen MR) is 92.7 cm³/mol. The van der Waals surface area contributed by atoms with Crippen LogP contribution in [0.1, 0.15) is 34.6 Å². The molecule has 0 N–H and O–H groups in total. The largest absolute Gasteiger partial charge is 0.461 e. The lowest BCUT2D eigenvalue weighted by atomic mass is 10.7. The lowest BCUT2D eigenvalue weighted by molar-refractivity contribution is 0.271. The van der Waals surface area contributed by atoms with E-state index in [2.05, 4.69) is 26.8 Å². The Bertz CT molecular complexity index is 439. The molecule has 0 aliphatic carbocycles. The number of hydrogen-bond acceptors (Lipinski definition) is 4. The van der Waals surface area contributed by atoms with Crippen molar-refractivity contribution in [2.45, 2.75) is 52.8 Å². The molecule has 0 bridgehead atoms. The molecule has 1 aromatic heterocycles. The highest BCUT2D eigenvalue weighted by atomic mass is 32.5. The summed E-state index contributed by atoms with van der Waals surface area (Å²) in [5.74, 6) is 0. The SMILES string of the molecule is CCOP(=S)(OCC)c1ccc([Si](CC)(CC)CC)o1. The van der Waals surface area contributed by atoms with Gasteiger partial charge in [-0.2, -0.15) is 0 Å². The summed E-state index contributed by atoms with van der Waals surface area (Å²) in [6, 6.07) is 7.67. The van der Waals surface area contributed by atoms with Gasteiger partial charge in [-0.1, -0.05) is 38.9 Å². The van der Waals surface area contributed by atoms with Crippen LogP contribution in [-0.2, 0) is 20.9 Å². The maximum Gasteiger partial charge on any atom is 0.254 e. The Labute approximate surface area is 129 Å². The van der Waals surface area contributed by atoms with E-state index in [0.29, 0.717) is 13.2 Å². The van der Waals surface area contributed by atoms with E-state index in [9.17, 15) is 0 Å².